The zero-order valence-corrected chi connectivity index (χ0v) is 15.8. The fraction of sp³-hybridized carbons (Fsp3) is 0.348. The van der Waals surface area contributed by atoms with Crippen LogP contribution in [0.5, 0.6) is 0 Å². The summed E-state index contributed by atoms with van der Waals surface area (Å²) in [4.78, 5) is 12.8. The van der Waals surface area contributed by atoms with Crippen molar-refractivity contribution in [2.45, 2.75) is 38.0 Å². The van der Waals surface area contributed by atoms with Crippen molar-refractivity contribution in [3.05, 3.63) is 53.3 Å². The molecule has 28 heavy (non-hydrogen) atoms. The van der Waals surface area contributed by atoms with Crippen molar-refractivity contribution in [1.29, 1.82) is 0 Å². The minimum Gasteiger partial charge on any atom is -0.462 e. The van der Waals surface area contributed by atoms with E-state index in [0.717, 1.165) is 30.5 Å². The quantitative estimate of drug-likeness (QED) is 0.597. The third kappa shape index (κ3) is 2.68. The molecule has 1 spiro atoms. The molecule has 2 aliphatic rings. The van der Waals surface area contributed by atoms with Crippen LogP contribution in [-0.2, 0) is 10.2 Å². The standard InChI is InChI=1S/C23H22FNO3/c1-2-27-22(26)20-16-12-17-18(25-11-3-8-23(17)9-10-23)13-19(16)28-21(20)14-4-6-15(24)7-5-14/h4-7,12-13,25H,2-3,8-11H2,1H3. The maximum atomic E-state index is 13.4. The lowest BCUT2D eigenvalue weighted by Gasteiger charge is -2.15. The summed E-state index contributed by atoms with van der Waals surface area (Å²) in [6.07, 6.45) is 4.67. The summed E-state index contributed by atoms with van der Waals surface area (Å²) in [6.45, 7) is 3.01. The molecule has 1 aromatic heterocycles. The van der Waals surface area contributed by atoms with Crippen LogP contribution in [0.1, 0.15) is 48.5 Å². The van der Waals surface area contributed by atoms with Gasteiger partial charge in [0.2, 0.25) is 0 Å². The molecule has 1 aliphatic heterocycles. The van der Waals surface area contributed by atoms with E-state index in [-0.39, 0.29) is 17.8 Å². The Balaban J connectivity index is 1.75. The van der Waals surface area contributed by atoms with Crippen molar-refractivity contribution in [2.75, 3.05) is 18.5 Å². The fourth-order valence-electron chi connectivity index (χ4n) is 4.39. The van der Waals surface area contributed by atoms with Crippen molar-refractivity contribution in [1.82, 2.24) is 0 Å². The average Bonchev–Trinajstić information content (AvgIpc) is 3.42. The van der Waals surface area contributed by atoms with Gasteiger partial charge < -0.3 is 14.5 Å². The number of fused-ring (bicyclic) bond motifs is 3. The second-order valence-corrected chi connectivity index (χ2v) is 7.74. The number of esters is 1. The summed E-state index contributed by atoms with van der Waals surface area (Å²) in [6, 6.07) is 10.1. The number of hydrogen-bond acceptors (Lipinski definition) is 4. The van der Waals surface area contributed by atoms with Gasteiger partial charge in [-0.25, -0.2) is 9.18 Å². The van der Waals surface area contributed by atoms with Gasteiger partial charge in [0.1, 0.15) is 22.7 Å². The van der Waals surface area contributed by atoms with Gasteiger partial charge in [0.25, 0.3) is 0 Å². The molecule has 5 rings (SSSR count). The Morgan fingerprint density at radius 1 is 1.21 bits per heavy atom. The van der Waals surface area contributed by atoms with Crippen molar-refractivity contribution in [3.8, 4) is 11.3 Å². The molecule has 0 amide bonds. The van der Waals surface area contributed by atoms with E-state index in [1.807, 2.05) is 6.07 Å². The lowest BCUT2D eigenvalue weighted by atomic mass is 9.89. The zero-order chi connectivity index (χ0) is 19.3. The third-order valence-corrected chi connectivity index (χ3v) is 5.99. The number of halogens is 1. The largest absolute Gasteiger partial charge is 0.462 e. The van der Waals surface area contributed by atoms with Gasteiger partial charge >= 0.3 is 5.97 Å². The average molecular weight is 379 g/mol. The minimum absolute atomic E-state index is 0.228. The monoisotopic (exact) mass is 379 g/mol. The van der Waals surface area contributed by atoms with E-state index >= 15 is 0 Å². The van der Waals surface area contributed by atoms with Crippen molar-refractivity contribution >= 4 is 22.6 Å². The highest BCUT2D eigenvalue weighted by molar-refractivity contribution is 6.09. The molecule has 0 bridgehead atoms. The topological polar surface area (TPSA) is 51.5 Å². The van der Waals surface area contributed by atoms with Crippen molar-refractivity contribution < 1.29 is 18.3 Å². The van der Waals surface area contributed by atoms with Crippen LogP contribution in [-0.4, -0.2) is 19.1 Å². The molecular weight excluding hydrogens is 357 g/mol. The van der Waals surface area contributed by atoms with Crippen LogP contribution in [0.25, 0.3) is 22.3 Å². The van der Waals surface area contributed by atoms with E-state index in [4.69, 9.17) is 9.15 Å². The first-order valence-corrected chi connectivity index (χ1v) is 9.89. The van der Waals surface area contributed by atoms with Crippen molar-refractivity contribution in [3.63, 3.8) is 0 Å². The van der Waals surface area contributed by atoms with Crippen LogP contribution >= 0.6 is 0 Å². The molecule has 0 radical (unpaired) electrons. The van der Waals surface area contributed by atoms with Gasteiger partial charge in [0, 0.05) is 29.2 Å². The first kappa shape index (κ1) is 17.3. The number of benzene rings is 2. The molecule has 0 atom stereocenters. The number of nitrogens with one attached hydrogen (secondary N) is 1. The summed E-state index contributed by atoms with van der Waals surface area (Å²) in [5.41, 5.74) is 4.32. The number of carbonyl (C=O) groups is 1. The second-order valence-electron chi connectivity index (χ2n) is 7.74. The molecule has 4 nitrogen and oxygen atoms in total. The van der Waals surface area contributed by atoms with Crippen molar-refractivity contribution in [2.24, 2.45) is 0 Å². The number of ether oxygens (including phenoxy) is 1. The first-order chi connectivity index (χ1) is 13.6. The van der Waals surface area contributed by atoms with Gasteiger partial charge in [-0.2, -0.15) is 0 Å². The summed E-state index contributed by atoms with van der Waals surface area (Å²) >= 11 is 0. The molecule has 1 fully saturated rings. The minimum atomic E-state index is -0.410. The first-order valence-electron chi connectivity index (χ1n) is 9.89. The van der Waals surface area contributed by atoms with Gasteiger partial charge in [-0.05, 0) is 73.9 Å². The summed E-state index contributed by atoms with van der Waals surface area (Å²) < 4.78 is 24.8. The molecule has 1 saturated carbocycles. The highest BCUT2D eigenvalue weighted by Crippen LogP contribution is 2.56. The van der Waals surface area contributed by atoms with E-state index < -0.39 is 5.97 Å². The highest BCUT2D eigenvalue weighted by atomic mass is 19.1. The normalized spacial score (nSPS) is 17.1. The molecule has 1 aliphatic carbocycles. The molecule has 0 unspecified atom stereocenters. The van der Waals surface area contributed by atoms with E-state index in [1.54, 1.807) is 19.1 Å². The number of rotatable bonds is 3. The van der Waals surface area contributed by atoms with E-state index in [2.05, 4.69) is 11.4 Å². The lowest BCUT2D eigenvalue weighted by molar-refractivity contribution is 0.0528. The molecule has 3 aromatic rings. The van der Waals surface area contributed by atoms with Crippen LogP contribution < -0.4 is 5.32 Å². The summed E-state index contributed by atoms with van der Waals surface area (Å²) in [5.74, 6) is -0.311. The molecule has 144 valence electrons. The summed E-state index contributed by atoms with van der Waals surface area (Å²) in [5, 5.41) is 4.29. The van der Waals surface area contributed by atoms with Gasteiger partial charge in [0.05, 0.1) is 6.61 Å². The Labute approximate surface area is 162 Å². The molecule has 5 heteroatoms. The molecule has 0 saturated heterocycles. The van der Waals surface area contributed by atoms with Gasteiger partial charge in [0.15, 0.2) is 0 Å². The molecular formula is C23H22FNO3. The van der Waals surface area contributed by atoms with Gasteiger partial charge in [-0.1, -0.05) is 0 Å². The molecule has 1 N–H and O–H groups in total. The van der Waals surface area contributed by atoms with Crippen LogP contribution in [0.2, 0.25) is 0 Å². The van der Waals surface area contributed by atoms with Crippen LogP contribution in [0, 0.1) is 5.82 Å². The zero-order valence-electron chi connectivity index (χ0n) is 15.8. The third-order valence-electron chi connectivity index (χ3n) is 5.99. The number of carbonyl (C=O) groups excluding carboxylic acids is 1. The Morgan fingerprint density at radius 2 is 2.00 bits per heavy atom. The smallest absolute Gasteiger partial charge is 0.342 e. The van der Waals surface area contributed by atoms with E-state index in [1.165, 1.54) is 30.5 Å². The Hall–Kier alpha value is -2.82. The fourth-order valence-corrected chi connectivity index (χ4v) is 4.39. The maximum Gasteiger partial charge on any atom is 0.342 e. The Morgan fingerprint density at radius 3 is 2.71 bits per heavy atom. The van der Waals surface area contributed by atoms with Crippen LogP contribution in [0.3, 0.4) is 0 Å². The second kappa shape index (κ2) is 6.36. The van der Waals surface area contributed by atoms with E-state index in [9.17, 15) is 9.18 Å². The predicted octanol–water partition coefficient (Wildman–Crippen LogP) is 5.65. The predicted molar refractivity (Wildman–Crippen MR) is 106 cm³/mol. The molecule has 2 aromatic carbocycles. The van der Waals surface area contributed by atoms with E-state index in [0.29, 0.717) is 22.5 Å². The number of anilines is 1. The molecule has 2 heterocycles. The lowest BCUT2D eigenvalue weighted by Crippen LogP contribution is -2.08. The Bertz CT molecular complexity index is 1060. The SMILES string of the molecule is CCOC(=O)c1c(-c2ccc(F)cc2)oc2cc3c(cc12)C1(CCCN3)CC1. The maximum absolute atomic E-state index is 13.4. The number of furan rings is 1. The van der Waals surface area contributed by atoms with Crippen LogP contribution in [0.4, 0.5) is 10.1 Å². The summed E-state index contributed by atoms with van der Waals surface area (Å²) in [7, 11) is 0. The number of hydrogen-bond donors (Lipinski definition) is 1. The van der Waals surface area contributed by atoms with Gasteiger partial charge in [-0.3, -0.25) is 0 Å². The van der Waals surface area contributed by atoms with Gasteiger partial charge in [-0.15, -0.1) is 0 Å². The van der Waals surface area contributed by atoms with Crippen LogP contribution in [0.15, 0.2) is 40.8 Å². The Kier molecular flexibility index (Phi) is 3.93. The highest BCUT2D eigenvalue weighted by Gasteiger charge is 2.46.